The topological polar surface area (TPSA) is 93.4 Å². The van der Waals surface area contributed by atoms with Crippen LogP contribution >= 0.6 is 0 Å². The van der Waals surface area contributed by atoms with Crippen molar-refractivity contribution in [2.75, 3.05) is 13.7 Å². The summed E-state index contributed by atoms with van der Waals surface area (Å²) in [6, 6.07) is 4.76. The SMILES string of the molecule is COc1cc(C(=O)O)ccc1CCNC(=O)Cc1c(C)nn(CC(C)C)c1C. The summed E-state index contributed by atoms with van der Waals surface area (Å²) in [5, 5.41) is 16.5. The van der Waals surface area contributed by atoms with E-state index in [2.05, 4.69) is 24.3 Å². The van der Waals surface area contributed by atoms with Crippen LogP contribution in [0.25, 0.3) is 0 Å². The number of nitrogens with zero attached hydrogens (tertiary/aromatic N) is 2. The molecule has 1 amide bonds. The van der Waals surface area contributed by atoms with Crippen LogP contribution < -0.4 is 10.1 Å². The van der Waals surface area contributed by atoms with Crippen LogP contribution in [-0.4, -0.2) is 40.4 Å². The number of methoxy groups -OCH3 is 1. The van der Waals surface area contributed by atoms with E-state index in [1.54, 1.807) is 6.07 Å². The Labute approximate surface area is 165 Å². The highest BCUT2D eigenvalue weighted by molar-refractivity contribution is 5.88. The fourth-order valence-corrected chi connectivity index (χ4v) is 3.16. The molecular weight excluding hydrogens is 358 g/mol. The zero-order valence-electron chi connectivity index (χ0n) is 17.2. The van der Waals surface area contributed by atoms with E-state index < -0.39 is 5.97 Å². The molecule has 0 aliphatic carbocycles. The lowest BCUT2D eigenvalue weighted by atomic mass is 10.1. The van der Waals surface area contributed by atoms with Crippen LogP contribution in [0.1, 0.15) is 46.7 Å². The molecule has 2 aromatic rings. The van der Waals surface area contributed by atoms with Gasteiger partial charge in [0.15, 0.2) is 0 Å². The molecule has 1 heterocycles. The predicted molar refractivity (Wildman–Crippen MR) is 107 cm³/mol. The van der Waals surface area contributed by atoms with Crippen LogP contribution in [0.2, 0.25) is 0 Å². The monoisotopic (exact) mass is 387 g/mol. The number of carboxylic acids is 1. The molecule has 2 N–H and O–H groups in total. The van der Waals surface area contributed by atoms with Crippen molar-refractivity contribution in [2.45, 2.75) is 47.1 Å². The first-order valence-corrected chi connectivity index (χ1v) is 9.42. The second-order valence-electron chi connectivity index (χ2n) is 7.33. The van der Waals surface area contributed by atoms with Gasteiger partial charge in [0.1, 0.15) is 5.75 Å². The molecule has 1 aromatic carbocycles. The number of amides is 1. The fraction of sp³-hybridized carbons (Fsp3) is 0.476. The first kappa shape index (κ1) is 21.5. The Balaban J connectivity index is 1.95. The van der Waals surface area contributed by atoms with E-state index in [0.29, 0.717) is 31.1 Å². The van der Waals surface area contributed by atoms with Gasteiger partial charge in [-0.05, 0) is 43.9 Å². The summed E-state index contributed by atoms with van der Waals surface area (Å²) in [4.78, 5) is 23.4. The minimum atomic E-state index is -0.998. The Morgan fingerprint density at radius 3 is 2.61 bits per heavy atom. The van der Waals surface area contributed by atoms with Gasteiger partial charge in [-0.25, -0.2) is 4.79 Å². The standard InChI is InChI=1S/C21H29N3O4/c1-13(2)12-24-15(4)18(14(3)23-24)11-20(25)22-9-8-16-6-7-17(21(26)27)10-19(16)28-5/h6-7,10,13H,8-9,11-12H2,1-5H3,(H,22,25)(H,26,27). The molecule has 0 aliphatic rings. The largest absolute Gasteiger partial charge is 0.496 e. The van der Waals surface area contributed by atoms with E-state index in [-0.39, 0.29) is 11.5 Å². The number of aromatic carboxylic acids is 1. The Hall–Kier alpha value is -2.83. The molecule has 0 fully saturated rings. The van der Waals surface area contributed by atoms with Crippen LogP contribution in [0, 0.1) is 19.8 Å². The molecule has 1 aromatic heterocycles. The lowest BCUT2D eigenvalue weighted by Gasteiger charge is -2.11. The second-order valence-corrected chi connectivity index (χ2v) is 7.33. The number of hydrogen-bond donors (Lipinski definition) is 2. The Kier molecular flexibility index (Phi) is 7.20. The first-order valence-electron chi connectivity index (χ1n) is 9.42. The van der Waals surface area contributed by atoms with Gasteiger partial charge in [-0.3, -0.25) is 9.48 Å². The molecule has 0 spiro atoms. The maximum atomic E-state index is 12.4. The molecule has 0 unspecified atom stereocenters. The number of carbonyl (C=O) groups is 2. The van der Waals surface area contributed by atoms with Crippen LogP contribution in [0.15, 0.2) is 18.2 Å². The van der Waals surface area contributed by atoms with Gasteiger partial charge < -0.3 is 15.2 Å². The van der Waals surface area contributed by atoms with E-state index in [4.69, 9.17) is 9.84 Å². The minimum absolute atomic E-state index is 0.0589. The van der Waals surface area contributed by atoms with Crippen molar-refractivity contribution < 1.29 is 19.4 Å². The van der Waals surface area contributed by atoms with Crippen LogP contribution in [0.3, 0.4) is 0 Å². The Bertz CT molecular complexity index is 856. The molecule has 152 valence electrons. The number of nitrogens with one attached hydrogen (secondary N) is 1. The zero-order chi connectivity index (χ0) is 20.8. The highest BCUT2D eigenvalue weighted by Gasteiger charge is 2.16. The molecule has 0 saturated heterocycles. The van der Waals surface area contributed by atoms with Crippen molar-refractivity contribution in [2.24, 2.45) is 5.92 Å². The van der Waals surface area contributed by atoms with Crippen molar-refractivity contribution in [3.63, 3.8) is 0 Å². The number of rotatable bonds is 9. The molecular formula is C21H29N3O4. The van der Waals surface area contributed by atoms with E-state index in [1.807, 2.05) is 18.5 Å². The van der Waals surface area contributed by atoms with Gasteiger partial charge in [-0.2, -0.15) is 5.10 Å². The molecule has 7 nitrogen and oxygen atoms in total. The third-order valence-electron chi connectivity index (χ3n) is 4.66. The summed E-state index contributed by atoms with van der Waals surface area (Å²) in [6.45, 7) is 9.49. The second kappa shape index (κ2) is 9.39. The third-order valence-corrected chi connectivity index (χ3v) is 4.66. The van der Waals surface area contributed by atoms with E-state index >= 15 is 0 Å². The van der Waals surface area contributed by atoms with Gasteiger partial charge in [-0.15, -0.1) is 0 Å². The first-order chi connectivity index (χ1) is 13.2. The normalized spacial score (nSPS) is 10.9. The van der Waals surface area contributed by atoms with Crippen molar-refractivity contribution >= 4 is 11.9 Å². The summed E-state index contributed by atoms with van der Waals surface area (Å²) in [5.74, 6) is -0.0590. The summed E-state index contributed by atoms with van der Waals surface area (Å²) in [6.07, 6.45) is 0.851. The Morgan fingerprint density at radius 1 is 1.29 bits per heavy atom. The lowest BCUT2D eigenvalue weighted by molar-refractivity contribution is -0.120. The number of ether oxygens (including phenoxy) is 1. The molecule has 0 radical (unpaired) electrons. The maximum absolute atomic E-state index is 12.4. The van der Waals surface area contributed by atoms with Gasteiger partial charge in [0.05, 0.1) is 24.8 Å². The zero-order valence-corrected chi connectivity index (χ0v) is 17.2. The number of carboxylic acid groups (broad SMARTS) is 1. The highest BCUT2D eigenvalue weighted by atomic mass is 16.5. The summed E-state index contributed by atoms with van der Waals surface area (Å²) in [5.41, 5.74) is 3.92. The fourth-order valence-electron chi connectivity index (χ4n) is 3.16. The van der Waals surface area contributed by atoms with Crippen LogP contribution in [0.5, 0.6) is 5.75 Å². The average molecular weight is 387 g/mol. The molecule has 0 atom stereocenters. The van der Waals surface area contributed by atoms with Crippen molar-refractivity contribution in [3.05, 3.63) is 46.3 Å². The molecule has 0 aliphatic heterocycles. The molecule has 7 heteroatoms. The minimum Gasteiger partial charge on any atom is -0.496 e. The number of carbonyl (C=O) groups excluding carboxylic acids is 1. The van der Waals surface area contributed by atoms with Gasteiger partial charge in [0.25, 0.3) is 0 Å². The average Bonchev–Trinajstić information content (AvgIpc) is 2.88. The van der Waals surface area contributed by atoms with E-state index in [9.17, 15) is 9.59 Å². The highest BCUT2D eigenvalue weighted by Crippen LogP contribution is 2.21. The summed E-state index contributed by atoms with van der Waals surface area (Å²) >= 11 is 0. The van der Waals surface area contributed by atoms with Crippen molar-refractivity contribution in [1.29, 1.82) is 0 Å². The van der Waals surface area contributed by atoms with Gasteiger partial charge in [-0.1, -0.05) is 19.9 Å². The van der Waals surface area contributed by atoms with Crippen LogP contribution in [0.4, 0.5) is 0 Å². The maximum Gasteiger partial charge on any atom is 0.335 e. The van der Waals surface area contributed by atoms with Crippen LogP contribution in [-0.2, 0) is 24.2 Å². The summed E-state index contributed by atoms with van der Waals surface area (Å²) in [7, 11) is 1.50. The number of benzene rings is 1. The quantitative estimate of drug-likeness (QED) is 0.690. The van der Waals surface area contributed by atoms with Crippen molar-refractivity contribution in [1.82, 2.24) is 15.1 Å². The van der Waals surface area contributed by atoms with Gasteiger partial charge in [0, 0.05) is 24.3 Å². The summed E-state index contributed by atoms with van der Waals surface area (Å²) < 4.78 is 7.24. The molecule has 0 saturated carbocycles. The van der Waals surface area contributed by atoms with E-state index in [0.717, 1.165) is 29.1 Å². The molecule has 28 heavy (non-hydrogen) atoms. The molecule has 2 rings (SSSR count). The molecule has 0 bridgehead atoms. The predicted octanol–water partition coefficient (Wildman–Crippen LogP) is 2.76. The third kappa shape index (κ3) is 5.34. The number of hydrogen-bond acceptors (Lipinski definition) is 4. The van der Waals surface area contributed by atoms with Gasteiger partial charge >= 0.3 is 5.97 Å². The Morgan fingerprint density at radius 2 is 2.00 bits per heavy atom. The van der Waals surface area contributed by atoms with Gasteiger partial charge in [0.2, 0.25) is 5.91 Å². The van der Waals surface area contributed by atoms with E-state index in [1.165, 1.54) is 19.2 Å². The van der Waals surface area contributed by atoms with Crippen molar-refractivity contribution in [3.8, 4) is 5.75 Å². The number of aryl methyl sites for hydroxylation is 1. The smallest absolute Gasteiger partial charge is 0.335 e. The number of aromatic nitrogens is 2. The lowest BCUT2D eigenvalue weighted by Crippen LogP contribution is -2.27.